The Labute approximate surface area is 159 Å². The fourth-order valence-electron chi connectivity index (χ4n) is 3.62. The summed E-state index contributed by atoms with van der Waals surface area (Å²) in [4.78, 5) is 32.0. The number of carbonyl (C=O) groups is 1. The van der Waals surface area contributed by atoms with Gasteiger partial charge in [0.15, 0.2) is 5.78 Å². The predicted octanol–water partition coefficient (Wildman–Crippen LogP) is 3.61. The normalized spacial score (nSPS) is 16.3. The molecule has 3 aromatic rings. The molecule has 0 saturated carbocycles. The van der Waals surface area contributed by atoms with Crippen molar-refractivity contribution in [1.29, 1.82) is 0 Å². The molecule has 2 aromatic heterocycles. The minimum Gasteiger partial charge on any atom is -0.496 e. The number of aromatic nitrogens is 2. The molecular weight excluding hydrogens is 367 g/mol. The van der Waals surface area contributed by atoms with Crippen LogP contribution in [0.25, 0.3) is 10.2 Å². The molecule has 1 aromatic carbocycles. The maximum Gasteiger partial charge on any atom is 0.262 e. The number of aryl methyl sites for hydroxylation is 1. The number of hydrogen-bond donors (Lipinski definition) is 0. The van der Waals surface area contributed by atoms with Crippen molar-refractivity contribution < 1.29 is 13.9 Å². The van der Waals surface area contributed by atoms with Crippen molar-refractivity contribution in [1.82, 2.24) is 9.55 Å². The average Bonchev–Trinajstić information content (AvgIpc) is 3.02. The fourth-order valence-corrected chi connectivity index (χ4v) is 4.96. The van der Waals surface area contributed by atoms with Gasteiger partial charge in [-0.05, 0) is 48.9 Å². The molecule has 1 atom stereocenters. The van der Waals surface area contributed by atoms with Gasteiger partial charge in [-0.2, -0.15) is 0 Å². The van der Waals surface area contributed by atoms with E-state index in [0.29, 0.717) is 11.3 Å². The van der Waals surface area contributed by atoms with Crippen LogP contribution in [0.2, 0.25) is 0 Å². The second-order valence-electron chi connectivity index (χ2n) is 6.98. The number of benzene rings is 1. The van der Waals surface area contributed by atoms with Gasteiger partial charge in [0, 0.05) is 4.88 Å². The predicted molar refractivity (Wildman–Crippen MR) is 102 cm³/mol. The van der Waals surface area contributed by atoms with Crippen LogP contribution < -0.4 is 10.3 Å². The van der Waals surface area contributed by atoms with E-state index in [2.05, 4.69) is 11.9 Å². The number of hydrogen-bond acceptors (Lipinski definition) is 5. The van der Waals surface area contributed by atoms with Gasteiger partial charge in [0.1, 0.15) is 16.4 Å². The van der Waals surface area contributed by atoms with Gasteiger partial charge in [-0.3, -0.25) is 14.2 Å². The van der Waals surface area contributed by atoms with Crippen LogP contribution >= 0.6 is 11.3 Å². The molecule has 0 spiro atoms. The van der Waals surface area contributed by atoms with Crippen LogP contribution in [0.3, 0.4) is 0 Å². The van der Waals surface area contributed by atoms with E-state index in [9.17, 15) is 14.0 Å². The first kappa shape index (κ1) is 17.9. The second-order valence-corrected chi connectivity index (χ2v) is 8.06. The van der Waals surface area contributed by atoms with Crippen molar-refractivity contribution >= 4 is 27.3 Å². The van der Waals surface area contributed by atoms with E-state index in [1.807, 2.05) is 0 Å². The molecule has 5 nitrogen and oxygen atoms in total. The average molecular weight is 386 g/mol. The third kappa shape index (κ3) is 3.16. The van der Waals surface area contributed by atoms with Crippen molar-refractivity contribution in [3.8, 4) is 5.75 Å². The molecule has 0 radical (unpaired) electrons. The minimum absolute atomic E-state index is 0.116. The Morgan fingerprint density at radius 1 is 1.44 bits per heavy atom. The Morgan fingerprint density at radius 3 is 3.04 bits per heavy atom. The van der Waals surface area contributed by atoms with Crippen molar-refractivity contribution in [2.75, 3.05) is 7.11 Å². The lowest BCUT2D eigenvalue weighted by Crippen LogP contribution is -2.25. The molecule has 1 aliphatic carbocycles. The van der Waals surface area contributed by atoms with Crippen molar-refractivity contribution in [2.45, 2.75) is 32.7 Å². The summed E-state index contributed by atoms with van der Waals surface area (Å²) in [6.07, 6.45) is 4.28. The number of ketones is 1. The lowest BCUT2D eigenvalue weighted by molar-refractivity contribution is 0.0967. The number of methoxy groups -OCH3 is 1. The molecule has 4 rings (SSSR count). The van der Waals surface area contributed by atoms with E-state index in [-0.39, 0.29) is 23.4 Å². The smallest absolute Gasteiger partial charge is 0.262 e. The number of nitrogens with zero attached hydrogens (tertiary/aromatic N) is 2. The SMILES string of the molecule is COc1ccc(F)cc1C(=O)Cn1cnc2sc3c(c2c1=O)CC[C@@H](C)C3. The molecule has 0 bridgehead atoms. The number of Topliss-reactive ketones (excluding diaryl/α,β-unsaturated/α-hetero) is 1. The lowest BCUT2D eigenvalue weighted by Gasteiger charge is -2.17. The van der Waals surface area contributed by atoms with Crippen LogP contribution in [-0.2, 0) is 19.4 Å². The highest BCUT2D eigenvalue weighted by molar-refractivity contribution is 7.18. The van der Waals surface area contributed by atoms with Crippen LogP contribution in [0.5, 0.6) is 5.75 Å². The van der Waals surface area contributed by atoms with Crippen LogP contribution in [0.4, 0.5) is 4.39 Å². The zero-order valence-corrected chi connectivity index (χ0v) is 15.9. The topological polar surface area (TPSA) is 61.2 Å². The van der Waals surface area contributed by atoms with E-state index < -0.39 is 11.6 Å². The van der Waals surface area contributed by atoms with E-state index in [1.54, 1.807) is 11.3 Å². The van der Waals surface area contributed by atoms with Crippen molar-refractivity contribution in [3.05, 3.63) is 56.7 Å². The first-order valence-electron chi connectivity index (χ1n) is 8.84. The highest BCUT2D eigenvalue weighted by atomic mass is 32.1. The van der Waals surface area contributed by atoms with E-state index in [1.165, 1.54) is 35.0 Å². The Bertz CT molecular complexity index is 1100. The van der Waals surface area contributed by atoms with E-state index in [0.717, 1.165) is 35.7 Å². The summed E-state index contributed by atoms with van der Waals surface area (Å²) in [6, 6.07) is 3.77. The van der Waals surface area contributed by atoms with Crippen LogP contribution in [-0.4, -0.2) is 22.4 Å². The summed E-state index contributed by atoms with van der Waals surface area (Å²) < 4.78 is 20.0. The molecule has 7 heteroatoms. The van der Waals surface area contributed by atoms with Gasteiger partial charge in [-0.25, -0.2) is 9.37 Å². The number of ether oxygens (including phenoxy) is 1. The Kier molecular flexibility index (Phi) is 4.55. The highest BCUT2D eigenvalue weighted by Crippen LogP contribution is 2.35. The summed E-state index contributed by atoms with van der Waals surface area (Å²) in [7, 11) is 1.42. The maximum atomic E-state index is 13.6. The highest BCUT2D eigenvalue weighted by Gasteiger charge is 2.24. The Hall–Kier alpha value is -2.54. The van der Waals surface area contributed by atoms with Gasteiger partial charge in [0.25, 0.3) is 5.56 Å². The number of fused-ring (bicyclic) bond motifs is 3. The first-order chi connectivity index (χ1) is 13.0. The first-order valence-corrected chi connectivity index (χ1v) is 9.66. The maximum absolute atomic E-state index is 13.6. The zero-order chi connectivity index (χ0) is 19.1. The molecule has 0 aliphatic heterocycles. The molecule has 140 valence electrons. The summed E-state index contributed by atoms with van der Waals surface area (Å²) in [5.74, 6) is -0.0337. The van der Waals surface area contributed by atoms with Crippen molar-refractivity contribution in [2.24, 2.45) is 5.92 Å². The molecule has 27 heavy (non-hydrogen) atoms. The number of rotatable bonds is 4. The lowest BCUT2D eigenvalue weighted by atomic mass is 9.89. The monoisotopic (exact) mass is 386 g/mol. The number of thiophene rings is 1. The largest absolute Gasteiger partial charge is 0.496 e. The van der Waals surface area contributed by atoms with Gasteiger partial charge in [-0.1, -0.05) is 6.92 Å². The third-order valence-corrected chi connectivity index (χ3v) is 6.22. The van der Waals surface area contributed by atoms with Crippen LogP contribution in [0, 0.1) is 11.7 Å². The van der Waals surface area contributed by atoms with Gasteiger partial charge in [-0.15, -0.1) is 11.3 Å². The van der Waals surface area contributed by atoms with Crippen molar-refractivity contribution in [3.63, 3.8) is 0 Å². The number of halogens is 1. The van der Waals surface area contributed by atoms with Gasteiger partial charge in [0.05, 0.1) is 30.9 Å². The summed E-state index contributed by atoms with van der Waals surface area (Å²) >= 11 is 1.57. The van der Waals surface area contributed by atoms with Crippen LogP contribution in [0.1, 0.15) is 34.1 Å². The van der Waals surface area contributed by atoms with E-state index >= 15 is 0 Å². The van der Waals surface area contributed by atoms with Crippen LogP contribution in [0.15, 0.2) is 29.3 Å². The molecule has 1 aliphatic rings. The Balaban J connectivity index is 1.73. The summed E-state index contributed by atoms with van der Waals surface area (Å²) in [5, 5.41) is 0.628. The molecule has 0 N–H and O–H groups in total. The molecule has 0 fully saturated rings. The van der Waals surface area contributed by atoms with Gasteiger partial charge >= 0.3 is 0 Å². The van der Waals surface area contributed by atoms with Gasteiger partial charge in [0.2, 0.25) is 0 Å². The molecule has 0 saturated heterocycles. The Morgan fingerprint density at radius 2 is 2.26 bits per heavy atom. The second kappa shape index (κ2) is 6.88. The third-order valence-electron chi connectivity index (χ3n) is 5.06. The molecule has 0 unspecified atom stereocenters. The van der Waals surface area contributed by atoms with Gasteiger partial charge < -0.3 is 4.74 Å². The molecule has 2 heterocycles. The summed E-state index contributed by atoms with van der Waals surface area (Å²) in [5.41, 5.74) is 0.983. The molecular formula is C20H19FN2O3S. The standard InChI is InChI=1S/C20H19FN2O3S/c1-11-3-5-13-17(7-11)27-19-18(13)20(25)23(10-22-19)9-15(24)14-8-12(21)4-6-16(14)26-2/h4,6,8,10-11H,3,5,7,9H2,1-2H3/t11-/m1/s1. The van der Waals surface area contributed by atoms with E-state index in [4.69, 9.17) is 4.74 Å². The quantitative estimate of drug-likeness (QED) is 0.643. The minimum atomic E-state index is -0.527. The summed E-state index contributed by atoms with van der Waals surface area (Å²) in [6.45, 7) is 2.01. The number of carbonyl (C=O) groups excluding carboxylic acids is 1. The molecule has 0 amide bonds. The fraction of sp³-hybridized carbons (Fsp3) is 0.350. The zero-order valence-electron chi connectivity index (χ0n) is 15.1.